The van der Waals surface area contributed by atoms with Crippen LogP contribution in [0.3, 0.4) is 0 Å². The quantitative estimate of drug-likeness (QED) is 0.801. The Bertz CT molecular complexity index is 648. The molecule has 0 unspecified atom stereocenters. The number of methoxy groups -OCH3 is 1. The van der Waals surface area contributed by atoms with Gasteiger partial charge in [-0.15, -0.1) is 0 Å². The van der Waals surface area contributed by atoms with E-state index < -0.39 is 0 Å². The molecule has 2 aliphatic rings. The van der Waals surface area contributed by atoms with E-state index in [1.165, 1.54) is 12.8 Å². The summed E-state index contributed by atoms with van der Waals surface area (Å²) in [7, 11) is 1.68. The summed E-state index contributed by atoms with van der Waals surface area (Å²) in [4.78, 5) is 11.2. The number of nitrogens with zero attached hydrogens (tertiary/aromatic N) is 5. The van der Waals surface area contributed by atoms with Crippen molar-refractivity contribution in [2.75, 3.05) is 31.8 Å². The summed E-state index contributed by atoms with van der Waals surface area (Å²) < 4.78 is 12.6. The molecule has 2 fully saturated rings. The number of rotatable bonds is 6. The number of hydrogen-bond acceptors (Lipinski definition) is 6. The molecule has 1 saturated heterocycles. The number of hydrogen-bond donors (Lipinski definition) is 0. The zero-order valence-electron chi connectivity index (χ0n) is 12.8. The lowest BCUT2D eigenvalue weighted by molar-refractivity contribution is 0.181. The fourth-order valence-corrected chi connectivity index (χ4v) is 3.09. The highest BCUT2D eigenvalue weighted by atomic mass is 16.5. The van der Waals surface area contributed by atoms with Crippen molar-refractivity contribution in [3.05, 3.63) is 18.1 Å². The molecular weight excluding hydrogens is 282 g/mol. The smallest absolute Gasteiger partial charge is 0.254 e. The van der Waals surface area contributed by atoms with E-state index in [9.17, 15) is 0 Å². The van der Waals surface area contributed by atoms with Gasteiger partial charge in [0.25, 0.3) is 5.78 Å². The van der Waals surface area contributed by atoms with Gasteiger partial charge in [-0.3, -0.25) is 0 Å². The molecule has 0 aromatic carbocycles. The Balaban J connectivity index is 1.70. The fraction of sp³-hybridized carbons (Fsp3) is 0.667. The second kappa shape index (κ2) is 5.81. The molecule has 0 N–H and O–H groups in total. The van der Waals surface area contributed by atoms with E-state index in [1.54, 1.807) is 13.4 Å². The standard InChI is InChI=1S/C15H21N5O2/c1-21-9-12-6-14(20-15(18-12)16-10-17-20)19(13-2-3-13)7-11-4-5-22-8-11/h6,10-11,13H,2-5,7-9H2,1H3/t11-/m0/s1. The van der Waals surface area contributed by atoms with Crippen LogP contribution in [0.2, 0.25) is 0 Å². The summed E-state index contributed by atoms with van der Waals surface area (Å²) in [5.41, 5.74) is 0.895. The minimum absolute atomic E-state index is 0.488. The highest BCUT2D eigenvalue weighted by Crippen LogP contribution is 2.33. The molecule has 7 heteroatoms. The molecule has 22 heavy (non-hydrogen) atoms. The summed E-state index contributed by atoms with van der Waals surface area (Å²) in [6, 6.07) is 2.69. The van der Waals surface area contributed by atoms with Crippen LogP contribution in [0.15, 0.2) is 12.4 Å². The maximum atomic E-state index is 5.53. The van der Waals surface area contributed by atoms with Crippen LogP contribution in [0.25, 0.3) is 5.78 Å². The van der Waals surface area contributed by atoms with Crippen LogP contribution in [0.4, 0.5) is 5.82 Å². The van der Waals surface area contributed by atoms with Crippen LogP contribution in [0, 0.1) is 5.92 Å². The van der Waals surface area contributed by atoms with Gasteiger partial charge in [-0.1, -0.05) is 0 Å². The summed E-state index contributed by atoms with van der Waals surface area (Å²) in [6.07, 6.45) is 5.18. The molecule has 7 nitrogen and oxygen atoms in total. The highest BCUT2D eigenvalue weighted by Gasteiger charge is 2.33. The van der Waals surface area contributed by atoms with Crippen molar-refractivity contribution in [1.82, 2.24) is 19.6 Å². The number of aromatic nitrogens is 4. The predicted octanol–water partition coefficient (Wildman–Crippen LogP) is 1.28. The van der Waals surface area contributed by atoms with Crippen molar-refractivity contribution < 1.29 is 9.47 Å². The zero-order valence-corrected chi connectivity index (χ0v) is 12.8. The van der Waals surface area contributed by atoms with Gasteiger partial charge in [-0.25, -0.2) is 4.98 Å². The summed E-state index contributed by atoms with van der Waals surface area (Å²) in [5, 5.41) is 4.35. The van der Waals surface area contributed by atoms with E-state index in [1.807, 2.05) is 4.52 Å². The topological polar surface area (TPSA) is 64.8 Å². The van der Waals surface area contributed by atoms with Crippen LogP contribution in [0.1, 0.15) is 25.0 Å². The molecule has 2 aromatic heterocycles. The van der Waals surface area contributed by atoms with Crippen molar-refractivity contribution in [2.45, 2.75) is 31.9 Å². The van der Waals surface area contributed by atoms with Gasteiger partial charge in [0.1, 0.15) is 12.1 Å². The van der Waals surface area contributed by atoms with E-state index >= 15 is 0 Å². The zero-order chi connectivity index (χ0) is 14.9. The molecule has 2 aromatic rings. The third-order valence-electron chi connectivity index (χ3n) is 4.34. The van der Waals surface area contributed by atoms with Crippen LogP contribution >= 0.6 is 0 Å². The van der Waals surface area contributed by atoms with E-state index in [0.29, 0.717) is 24.3 Å². The minimum Gasteiger partial charge on any atom is -0.381 e. The van der Waals surface area contributed by atoms with Crippen LogP contribution < -0.4 is 4.90 Å². The van der Waals surface area contributed by atoms with Crippen molar-refractivity contribution in [3.8, 4) is 0 Å². The highest BCUT2D eigenvalue weighted by molar-refractivity contribution is 5.49. The van der Waals surface area contributed by atoms with Crippen molar-refractivity contribution in [2.24, 2.45) is 5.92 Å². The molecule has 4 rings (SSSR count). The lowest BCUT2D eigenvalue weighted by atomic mass is 10.1. The molecule has 3 heterocycles. The monoisotopic (exact) mass is 303 g/mol. The minimum atomic E-state index is 0.488. The Morgan fingerprint density at radius 3 is 3.05 bits per heavy atom. The van der Waals surface area contributed by atoms with Crippen LogP contribution in [-0.2, 0) is 16.1 Å². The molecule has 0 amide bonds. The number of anilines is 1. The van der Waals surface area contributed by atoms with Gasteiger partial charge in [-0.2, -0.15) is 14.6 Å². The summed E-state index contributed by atoms with van der Waals surface area (Å²) in [6.45, 7) is 3.24. The Labute approximate surface area is 129 Å². The Morgan fingerprint density at radius 2 is 2.32 bits per heavy atom. The molecule has 0 spiro atoms. The van der Waals surface area contributed by atoms with Gasteiger partial charge in [0.05, 0.1) is 18.9 Å². The molecule has 0 radical (unpaired) electrons. The molecule has 1 saturated carbocycles. The summed E-state index contributed by atoms with van der Waals surface area (Å²) >= 11 is 0. The first-order chi connectivity index (χ1) is 10.8. The molecular formula is C15H21N5O2. The SMILES string of the molecule is COCc1cc(N(C[C@@H]2CCOC2)C2CC2)n2ncnc2n1. The first-order valence-electron chi connectivity index (χ1n) is 7.88. The molecule has 1 atom stereocenters. The maximum Gasteiger partial charge on any atom is 0.254 e. The second-order valence-electron chi connectivity index (χ2n) is 6.12. The average molecular weight is 303 g/mol. The van der Waals surface area contributed by atoms with Crippen molar-refractivity contribution in [3.63, 3.8) is 0 Å². The van der Waals surface area contributed by atoms with E-state index in [2.05, 4.69) is 26.0 Å². The molecule has 1 aliphatic carbocycles. The molecule has 1 aliphatic heterocycles. The first-order valence-corrected chi connectivity index (χ1v) is 7.88. The molecule has 118 valence electrons. The Kier molecular flexibility index (Phi) is 3.67. The van der Waals surface area contributed by atoms with Gasteiger partial charge in [-0.05, 0) is 19.3 Å². The lowest BCUT2D eigenvalue weighted by Gasteiger charge is -2.27. The largest absolute Gasteiger partial charge is 0.381 e. The third kappa shape index (κ3) is 2.66. The van der Waals surface area contributed by atoms with Gasteiger partial charge < -0.3 is 14.4 Å². The van der Waals surface area contributed by atoms with Gasteiger partial charge in [0.15, 0.2) is 0 Å². The second-order valence-corrected chi connectivity index (χ2v) is 6.12. The summed E-state index contributed by atoms with van der Waals surface area (Å²) in [5.74, 6) is 2.31. The van der Waals surface area contributed by atoms with Gasteiger partial charge in [0, 0.05) is 38.3 Å². The van der Waals surface area contributed by atoms with Crippen LogP contribution in [-0.4, -0.2) is 52.5 Å². The number of fused-ring (bicyclic) bond motifs is 1. The van der Waals surface area contributed by atoms with Crippen molar-refractivity contribution >= 4 is 11.6 Å². The first kappa shape index (κ1) is 13.9. The maximum absolute atomic E-state index is 5.53. The van der Waals surface area contributed by atoms with E-state index in [-0.39, 0.29) is 0 Å². The van der Waals surface area contributed by atoms with Crippen molar-refractivity contribution in [1.29, 1.82) is 0 Å². The fourth-order valence-electron chi connectivity index (χ4n) is 3.09. The third-order valence-corrected chi connectivity index (χ3v) is 4.34. The normalized spacial score (nSPS) is 21.6. The number of ether oxygens (including phenoxy) is 2. The Hall–Kier alpha value is -1.73. The average Bonchev–Trinajstić information content (AvgIpc) is 3.03. The Morgan fingerprint density at radius 1 is 1.41 bits per heavy atom. The van der Waals surface area contributed by atoms with E-state index in [0.717, 1.165) is 37.7 Å². The molecule has 0 bridgehead atoms. The van der Waals surface area contributed by atoms with E-state index in [4.69, 9.17) is 9.47 Å². The van der Waals surface area contributed by atoms with Crippen LogP contribution in [0.5, 0.6) is 0 Å². The lowest BCUT2D eigenvalue weighted by Crippen LogP contribution is -2.33. The predicted molar refractivity (Wildman–Crippen MR) is 80.8 cm³/mol. The van der Waals surface area contributed by atoms with Gasteiger partial charge >= 0.3 is 0 Å². The van der Waals surface area contributed by atoms with Gasteiger partial charge in [0.2, 0.25) is 0 Å².